The third-order valence-electron chi connectivity index (χ3n) is 1.09. The molecule has 54 valence electrons. The van der Waals surface area contributed by atoms with E-state index in [1.807, 2.05) is 0 Å². The fraction of sp³-hybridized carbons (Fsp3) is 0.167. The fourth-order valence-corrected chi connectivity index (χ4v) is 1.09. The lowest BCUT2D eigenvalue weighted by molar-refractivity contribution is 1.25. The van der Waals surface area contributed by atoms with Crippen molar-refractivity contribution in [2.45, 2.75) is 5.88 Å². The Bertz CT molecular complexity index is 237. The maximum absolute atomic E-state index is 5.65. The highest BCUT2D eigenvalue weighted by Crippen LogP contribution is 2.16. The van der Waals surface area contributed by atoms with E-state index >= 15 is 0 Å². The van der Waals surface area contributed by atoms with Crippen molar-refractivity contribution < 1.29 is 0 Å². The Morgan fingerprint density at radius 2 is 2.20 bits per heavy atom. The summed E-state index contributed by atoms with van der Waals surface area (Å²) in [6, 6.07) is 3.43. The van der Waals surface area contributed by atoms with E-state index in [2.05, 4.69) is 4.98 Å². The van der Waals surface area contributed by atoms with Crippen molar-refractivity contribution in [1.29, 1.82) is 0 Å². The molecule has 0 aromatic carbocycles. The van der Waals surface area contributed by atoms with Crippen molar-refractivity contribution in [1.82, 2.24) is 4.98 Å². The highest BCUT2D eigenvalue weighted by Gasteiger charge is 1.98. The molecule has 1 rings (SSSR count). The maximum Gasteiger partial charge on any atom is 0.135 e. The molecule has 0 saturated carbocycles. The zero-order chi connectivity index (χ0) is 7.56. The van der Waals surface area contributed by atoms with Gasteiger partial charge in [-0.1, -0.05) is 17.7 Å². The van der Waals surface area contributed by atoms with Crippen molar-refractivity contribution in [2.75, 3.05) is 5.73 Å². The molecule has 0 aliphatic carbocycles. The number of nitrogens with zero attached hydrogens (tertiary/aromatic N) is 1. The fourth-order valence-electron chi connectivity index (χ4n) is 0.577. The Labute approximate surface area is 69.0 Å². The molecule has 0 amide bonds. The van der Waals surface area contributed by atoms with Gasteiger partial charge in [-0.05, 0) is 6.07 Å². The predicted octanol–water partition coefficient (Wildman–Crippen LogP) is 2.06. The molecule has 0 aliphatic rings. The lowest BCUT2D eigenvalue weighted by Gasteiger charge is -1.97. The SMILES string of the molecule is Nc1ccc(CCl)c(Cl)n1. The standard InChI is InChI=1S/C6H6Cl2N2/c7-3-4-1-2-5(9)10-6(4)8/h1-2H,3H2,(H2,9,10). The number of nitrogen functional groups attached to an aromatic ring is 1. The summed E-state index contributed by atoms with van der Waals surface area (Å²) in [5.74, 6) is 0.783. The summed E-state index contributed by atoms with van der Waals surface area (Å²) < 4.78 is 0. The molecule has 1 aromatic heterocycles. The average Bonchev–Trinajstić information content (AvgIpc) is 1.88. The van der Waals surface area contributed by atoms with Crippen LogP contribution < -0.4 is 5.73 Å². The Hall–Kier alpha value is -0.470. The second kappa shape index (κ2) is 3.08. The monoisotopic (exact) mass is 176 g/mol. The highest BCUT2D eigenvalue weighted by molar-refractivity contribution is 6.31. The van der Waals surface area contributed by atoms with Crippen molar-refractivity contribution in [3.05, 3.63) is 22.8 Å². The van der Waals surface area contributed by atoms with Crippen LogP contribution in [-0.4, -0.2) is 4.98 Å². The molecular weight excluding hydrogens is 171 g/mol. The number of hydrogen-bond donors (Lipinski definition) is 1. The molecule has 0 unspecified atom stereocenters. The van der Waals surface area contributed by atoms with E-state index in [1.54, 1.807) is 12.1 Å². The van der Waals surface area contributed by atoms with Gasteiger partial charge in [0, 0.05) is 5.56 Å². The van der Waals surface area contributed by atoms with Crippen LogP contribution in [0.3, 0.4) is 0 Å². The lowest BCUT2D eigenvalue weighted by atomic mass is 10.3. The van der Waals surface area contributed by atoms with Crippen LogP contribution in [0.5, 0.6) is 0 Å². The van der Waals surface area contributed by atoms with Gasteiger partial charge in [-0.25, -0.2) is 4.98 Å². The highest BCUT2D eigenvalue weighted by atomic mass is 35.5. The normalized spacial score (nSPS) is 9.80. The number of hydrogen-bond acceptors (Lipinski definition) is 2. The largest absolute Gasteiger partial charge is 0.384 e. The second-order valence-electron chi connectivity index (χ2n) is 1.82. The third kappa shape index (κ3) is 1.52. The van der Waals surface area contributed by atoms with E-state index < -0.39 is 0 Å². The molecule has 0 radical (unpaired) electrons. The van der Waals surface area contributed by atoms with E-state index in [1.165, 1.54) is 0 Å². The first-order chi connectivity index (χ1) is 4.74. The lowest BCUT2D eigenvalue weighted by Crippen LogP contribution is -1.91. The molecule has 1 heterocycles. The topological polar surface area (TPSA) is 38.9 Å². The summed E-state index contributed by atoms with van der Waals surface area (Å²) in [6.45, 7) is 0. The molecule has 0 spiro atoms. The summed E-state index contributed by atoms with van der Waals surface area (Å²) in [5.41, 5.74) is 6.15. The molecule has 0 aliphatic heterocycles. The van der Waals surface area contributed by atoms with Crippen LogP contribution in [0, 0.1) is 0 Å². The van der Waals surface area contributed by atoms with Gasteiger partial charge in [-0.15, -0.1) is 11.6 Å². The number of alkyl halides is 1. The van der Waals surface area contributed by atoms with Crippen LogP contribution in [0.25, 0.3) is 0 Å². The van der Waals surface area contributed by atoms with Crippen molar-refractivity contribution in [3.8, 4) is 0 Å². The molecule has 0 fully saturated rings. The van der Waals surface area contributed by atoms with E-state index in [-0.39, 0.29) is 0 Å². The Balaban J connectivity index is 3.07. The number of aromatic nitrogens is 1. The smallest absolute Gasteiger partial charge is 0.135 e. The number of anilines is 1. The summed E-state index contributed by atoms with van der Waals surface area (Å²) >= 11 is 11.2. The van der Waals surface area contributed by atoms with Crippen LogP contribution >= 0.6 is 23.2 Å². The van der Waals surface area contributed by atoms with E-state index in [0.29, 0.717) is 16.9 Å². The van der Waals surface area contributed by atoms with Gasteiger partial charge in [0.15, 0.2) is 0 Å². The predicted molar refractivity (Wildman–Crippen MR) is 43.2 cm³/mol. The van der Waals surface area contributed by atoms with E-state index in [4.69, 9.17) is 28.9 Å². The van der Waals surface area contributed by atoms with Crippen molar-refractivity contribution >= 4 is 29.0 Å². The average molecular weight is 177 g/mol. The minimum atomic E-state index is 0.367. The van der Waals surface area contributed by atoms with Crippen molar-refractivity contribution in [3.63, 3.8) is 0 Å². The van der Waals surface area contributed by atoms with E-state index in [9.17, 15) is 0 Å². The van der Waals surface area contributed by atoms with Gasteiger partial charge in [0.05, 0.1) is 5.88 Å². The second-order valence-corrected chi connectivity index (χ2v) is 2.44. The Kier molecular flexibility index (Phi) is 2.35. The summed E-state index contributed by atoms with van der Waals surface area (Å²) in [5, 5.41) is 0.384. The molecule has 2 N–H and O–H groups in total. The number of pyridine rings is 1. The molecular formula is C6H6Cl2N2. The van der Waals surface area contributed by atoms with Gasteiger partial charge in [0.25, 0.3) is 0 Å². The number of rotatable bonds is 1. The van der Waals surface area contributed by atoms with Crippen LogP contribution in [0.1, 0.15) is 5.56 Å². The zero-order valence-electron chi connectivity index (χ0n) is 5.14. The molecule has 2 nitrogen and oxygen atoms in total. The number of halogens is 2. The first-order valence-electron chi connectivity index (χ1n) is 2.71. The first kappa shape index (κ1) is 7.63. The molecule has 1 aromatic rings. The number of nitrogens with two attached hydrogens (primary N) is 1. The van der Waals surface area contributed by atoms with Gasteiger partial charge in [-0.3, -0.25) is 0 Å². The molecule has 0 saturated heterocycles. The zero-order valence-corrected chi connectivity index (χ0v) is 6.65. The van der Waals surface area contributed by atoms with Crippen LogP contribution in [0.15, 0.2) is 12.1 Å². The van der Waals surface area contributed by atoms with Gasteiger partial charge in [-0.2, -0.15) is 0 Å². The first-order valence-corrected chi connectivity index (χ1v) is 3.62. The Morgan fingerprint density at radius 1 is 1.50 bits per heavy atom. The Morgan fingerprint density at radius 3 is 2.70 bits per heavy atom. The summed E-state index contributed by atoms with van der Waals surface area (Å²) in [6.07, 6.45) is 0. The van der Waals surface area contributed by atoms with Crippen LogP contribution in [0.4, 0.5) is 5.82 Å². The minimum Gasteiger partial charge on any atom is -0.384 e. The van der Waals surface area contributed by atoms with Crippen LogP contribution in [0.2, 0.25) is 5.15 Å². The third-order valence-corrected chi connectivity index (χ3v) is 1.71. The molecule has 4 heteroatoms. The van der Waals surface area contributed by atoms with Gasteiger partial charge in [0.1, 0.15) is 11.0 Å². The van der Waals surface area contributed by atoms with E-state index in [0.717, 1.165) is 5.56 Å². The van der Waals surface area contributed by atoms with Gasteiger partial charge in [0.2, 0.25) is 0 Å². The molecule has 10 heavy (non-hydrogen) atoms. The van der Waals surface area contributed by atoms with Gasteiger partial charge >= 0.3 is 0 Å². The molecule has 0 atom stereocenters. The summed E-state index contributed by atoms with van der Waals surface area (Å²) in [4.78, 5) is 3.80. The quantitative estimate of drug-likeness (QED) is 0.526. The van der Waals surface area contributed by atoms with Crippen LogP contribution in [-0.2, 0) is 5.88 Å². The summed E-state index contributed by atoms with van der Waals surface area (Å²) in [7, 11) is 0. The maximum atomic E-state index is 5.65. The van der Waals surface area contributed by atoms with Crippen molar-refractivity contribution in [2.24, 2.45) is 0 Å². The minimum absolute atomic E-state index is 0.367. The molecule has 0 bridgehead atoms. The van der Waals surface area contributed by atoms with Gasteiger partial charge < -0.3 is 5.73 Å².